The fourth-order valence-electron chi connectivity index (χ4n) is 1.61. The maximum atomic E-state index is 11.8. The monoisotopic (exact) mass is 260 g/mol. The summed E-state index contributed by atoms with van der Waals surface area (Å²) in [5.74, 6) is -1.93. The second-order valence-corrected chi connectivity index (χ2v) is 3.94. The molecular formula is C13H12N2O4. The van der Waals surface area contributed by atoms with Crippen molar-refractivity contribution in [2.45, 2.75) is 6.04 Å². The number of carboxylic acids is 1. The molecule has 1 amide bonds. The van der Waals surface area contributed by atoms with E-state index in [4.69, 9.17) is 10.2 Å². The molecule has 1 atom stereocenters. The SMILES string of the molecule is O=C(NC(CO)C(=O)O)c1ccc2ccccc2n1. The fraction of sp³-hybridized carbons (Fsp3) is 0.154. The zero-order chi connectivity index (χ0) is 13.8. The van der Waals surface area contributed by atoms with Gasteiger partial charge in [0.1, 0.15) is 5.69 Å². The maximum Gasteiger partial charge on any atom is 0.328 e. The first-order valence-electron chi connectivity index (χ1n) is 5.62. The van der Waals surface area contributed by atoms with Crippen LogP contribution >= 0.6 is 0 Å². The number of hydrogen-bond acceptors (Lipinski definition) is 4. The number of carbonyl (C=O) groups excluding carboxylic acids is 1. The Morgan fingerprint density at radius 1 is 1.21 bits per heavy atom. The van der Waals surface area contributed by atoms with Gasteiger partial charge in [0.2, 0.25) is 0 Å². The van der Waals surface area contributed by atoms with E-state index in [2.05, 4.69) is 10.3 Å². The van der Waals surface area contributed by atoms with Crippen molar-refractivity contribution in [3.05, 3.63) is 42.1 Å². The number of aliphatic hydroxyl groups excluding tert-OH is 1. The molecule has 1 aromatic heterocycles. The normalized spacial score (nSPS) is 12.1. The van der Waals surface area contributed by atoms with E-state index in [9.17, 15) is 9.59 Å². The Morgan fingerprint density at radius 2 is 1.95 bits per heavy atom. The molecule has 98 valence electrons. The topological polar surface area (TPSA) is 99.5 Å². The number of nitrogens with one attached hydrogen (secondary N) is 1. The molecule has 0 aliphatic rings. The van der Waals surface area contributed by atoms with Crippen molar-refractivity contribution in [1.29, 1.82) is 0 Å². The summed E-state index contributed by atoms with van der Waals surface area (Å²) in [5.41, 5.74) is 0.754. The third-order valence-corrected chi connectivity index (χ3v) is 2.62. The Morgan fingerprint density at radius 3 is 2.63 bits per heavy atom. The zero-order valence-corrected chi connectivity index (χ0v) is 9.91. The summed E-state index contributed by atoms with van der Waals surface area (Å²) in [6.45, 7) is -0.672. The number of rotatable bonds is 4. The lowest BCUT2D eigenvalue weighted by Crippen LogP contribution is -2.43. The number of pyridine rings is 1. The number of nitrogens with zero attached hydrogens (tertiary/aromatic N) is 1. The van der Waals surface area contributed by atoms with Crippen LogP contribution in [0.2, 0.25) is 0 Å². The number of carbonyl (C=O) groups is 2. The molecule has 0 aliphatic carbocycles. The largest absolute Gasteiger partial charge is 0.480 e. The summed E-state index contributed by atoms with van der Waals surface area (Å²) in [6, 6.07) is 9.17. The first kappa shape index (κ1) is 13.0. The summed E-state index contributed by atoms with van der Waals surface area (Å²) in [7, 11) is 0. The number of benzene rings is 1. The van der Waals surface area contributed by atoms with E-state index in [-0.39, 0.29) is 5.69 Å². The number of fused-ring (bicyclic) bond motifs is 1. The van der Waals surface area contributed by atoms with Crippen LogP contribution in [0.5, 0.6) is 0 Å². The summed E-state index contributed by atoms with van der Waals surface area (Å²) in [5, 5.41) is 20.7. The van der Waals surface area contributed by atoms with Gasteiger partial charge in [-0.1, -0.05) is 24.3 Å². The Bertz CT molecular complexity index is 627. The minimum atomic E-state index is -1.33. The van der Waals surface area contributed by atoms with Crippen LogP contribution in [0.3, 0.4) is 0 Å². The number of para-hydroxylation sites is 1. The highest BCUT2D eigenvalue weighted by Gasteiger charge is 2.20. The Kier molecular flexibility index (Phi) is 3.72. The van der Waals surface area contributed by atoms with Gasteiger partial charge in [0.05, 0.1) is 12.1 Å². The van der Waals surface area contributed by atoms with Gasteiger partial charge >= 0.3 is 5.97 Å². The first-order chi connectivity index (χ1) is 9.11. The fourth-order valence-corrected chi connectivity index (χ4v) is 1.61. The minimum Gasteiger partial charge on any atom is -0.480 e. The van der Waals surface area contributed by atoms with Crippen molar-refractivity contribution in [3.8, 4) is 0 Å². The summed E-state index contributed by atoms with van der Waals surface area (Å²) in [4.78, 5) is 26.7. The second-order valence-electron chi connectivity index (χ2n) is 3.94. The van der Waals surface area contributed by atoms with Crippen LogP contribution in [0.25, 0.3) is 10.9 Å². The van der Waals surface area contributed by atoms with Gasteiger partial charge in [0.15, 0.2) is 6.04 Å². The molecule has 2 rings (SSSR count). The number of amides is 1. The molecule has 0 bridgehead atoms. The zero-order valence-electron chi connectivity index (χ0n) is 9.91. The maximum absolute atomic E-state index is 11.8. The Balaban J connectivity index is 2.24. The van der Waals surface area contributed by atoms with Crippen molar-refractivity contribution in [1.82, 2.24) is 10.3 Å². The van der Waals surface area contributed by atoms with E-state index in [0.29, 0.717) is 5.52 Å². The highest BCUT2D eigenvalue weighted by Crippen LogP contribution is 2.11. The number of carboxylic acid groups (broad SMARTS) is 1. The van der Waals surface area contributed by atoms with Crippen molar-refractivity contribution >= 4 is 22.8 Å². The minimum absolute atomic E-state index is 0.110. The predicted molar refractivity (Wildman–Crippen MR) is 67.7 cm³/mol. The summed E-state index contributed by atoms with van der Waals surface area (Å²) in [6.07, 6.45) is 0. The van der Waals surface area contributed by atoms with Gasteiger partial charge in [-0.25, -0.2) is 9.78 Å². The average Bonchev–Trinajstić information content (AvgIpc) is 2.43. The molecule has 6 heteroatoms. The molecule has 0 radical (unpaired) electrons. The van der Waals surface area contributed by atoms with Crippen LogP contribution in [0.1, 0.15) is 10.5 Å². The van der Waals surface area contributed by atoms with Crippen molar-refractivity contribution in [2.75, 3.05) is 6.61 Å². The molecule has 0 saturated heterocycles. The van der Waals surface area contributed by atoms with E-state index in [0.717, 1.165) is 5.39 Å². The average molecular weight is 260 g/mol. The van der Waals surface area contributed by atoms with Gasteiger partial charge < -0.3 is 15.5 Å². The standard InChI is InChI=1S/C13H12N2O4/c16-7-11(13(18)19)15-12(17)10-6-5-8-3-1-2-4-9(8)14-10/h1-6,11,16H,7H2,(H,15,17)(H,18,19). The van der Waals surface area contributed by atoms with Crippen LogP contribution in [-0.2, 0) is 4.79 Å². The molecule has 0 spiro atoms. The molecule has 0 fully saturated rings. The molecule has 1 aromatic carbocycles. The van der Waals surface area contributed by atoms with Gasteiger partial charge in [-0.15, -0.1) is 0 Å². The highest BCUT2D eigenvalue weighted by atomic mass is 16.4. The van der Waals surface area contributed by atoms with E-state index in [1.807, 2.05) is 12.1 Å². The lowest BCUT2D eigenvalue weighted by molar-refractivity contribution is -0.140. The third-order valence-electron chi connectivity index (χ3n) is 2.62. The molecule has 3 N–H and O–H groups in total. The van der Waals surface area contributed by atoms with Crippen LogP contribution in [0, 0.1) is 0 Å². The molecule has 1 unspecified atom stereocenters. The molecular weight excluding hydrogens is 248 g/mol. The summed E-state index contributed by atoms with van der Waals surface area (Å²) >= 11 is 0. The van der Waals surface area contributed by atoms with Crippen molar-refractivity contribution < 1.29 is 19.8 Å². The lowest BCUT2D eigenvalue weighted by atomic mass is 10.2. The van der Waals surface area contributed by atoms with E-state index in [1.54, 1.807) is 18.2 Å². The van der Waals surface area contributed by atoms with Crippen LogP contribution in [0.4, 0.5) is 0 Å². The lowest BCUT2D eigenvalue weighted by Gasteiger charge is -2.11. The number of aliphatic carboxylic acids is 1. The van der Waals surface area contributed by atoms with E-state index in [1.165, 1.54) is 6.07 Å². The molecule has 19 heavy (non-hydrogen) atoms. The summed E-state index contributed by atoms with van der Waals surface area (Å²) < 4.78 is 0. The highest BCUT2D eigenvalue weighted by molar-refractivity contribution is 5.96. The van der Waals surface area contributed by atoms with E-state index >= 15 is 0 Å². The van der Waals surface area contributed by atoms with Crippen molar-refractivity contribution in [3.63, 3.8) is 0 Å². The quantitative estimate of drug-likeness (QED) is 0.739. The van der Waals surface area contributed by atoms with Crippen molar-refractivity contribution in [2.24, 2.45) is 0 Å². The van der Waals surface area contributed by atoms with Gasteiger partial charge in [-0.3, -0.25) is 4.79 Å². The molecule has 6 nitrogen and oxygen atoms in total. The van der Waals surface area contributed by atoms with Crippen LogP contribution in [-0.4, -0.2) is 39.7 Å². The Hall–Kier alpha value is -2.47. The number of hydrogen-bond donors (Lipinski definition) is 3. The molecule has 0 saturated carbocycles. The first-order valence-corrected chi connectivity index (χ1v) is 5.62. The molecule has 0 aliphatic heterocycles. The van der Waals surface area contributed by atoms with E-state index < -0.39 is 24.5 Å². The van der Waals surface area contributed by atoms with Gasteiger partial charge in [-0.05, 0) is 12.1 Å². The molecule has 1 heterocycles. The molecule has 2 aromatic rings. The van der Waals surface area contributed by atoms with Crippen LogP contribution < -0.4 is 5.32 Å². The van der Waals surface area contributed by atoms with Gasteiger partial charge in [0.25, 0.3) is 5.91 Å². The number of aromatic nitrogens is 1. The van der Waals surface area contributed by atoms with Gasteiger partial charge in [-0.2, -0.15) is 0 Å². The van der Waals surface area contributed by atoms with Crippen LogP contribution in [0.15, 0.2) is 36.4 Å². The number of aliphatic hydroxyl groups is 1. The second kappa shape index (κ2) is 5.45. The third kappa shape index (κ3) is 2.86. The predicted octanol–water partition coefficient (Wildman–Crippen LogP) is 0.410. The van der Waals surface area contributed by atoms with Gasteiger partial charge in [0, 0.05) is 5.39 Å². The Labute approximate surface area is 108 Å². The smallest absolute Gasteiger partial charge is 0.328 e.